The number of nitrogens with zero attached hydrogens (tertiary/aromatic N) is 4. The van der Waals surface area contributed by atoms with Gasteiger partial charge in [0, 0.05) is 31.9 Å². The lowest BCUT2D eigenvalue weighted by atomic mass is 10.3. The summed E-state index contributed by atoms with van der Waals surface area (Å²) in [6.07, 6.45) is 4.41. The van der Waals surface area contributed by atoms with Gasteiger partial charge in [0.2, 0.25) is 17.7 Å². The molecule has 4 rings (SSSR count). The van der Waals surface area contributed by atoms with Crippen molar-refractivity contribution in [2.75, 3.05) is 58.9 Å². The molecule has 3 aromatic heterocycles. The van der Waals surface area contributed by atoms with Crippen LogP contribution in [0.3, 0.4) is 0 Å². The third-order valence-electron chi connectivity index (χ3n) is 6.38. The van der Waals surface area contributed by atoms with Gasteiger partial charge >= 0.3 is 0 Å². The summed E-state index contributed by atoms with van der Waals surface area (Å²) in [7, 11) is 1.47. The number of pyridine rings is 1. The van der Waals surface area contributed by atoms with Crippen LogP contribution in [-0.2, 0) is 11.3 Å². The first-order valence-corrected chi connectivity index (χ1v) is 16.8. The molecule has 12 nitrogen and oxygen atoms in total. The molecule has 3 aromatic rings. The lowest BCUT2D eigenvalue weighted by Crippen LogP contribution is -2.37. The fraction of sp³-hybridized carbons (Fsp3) is 0.481. The van der Waals surface area contributed by atoms with Crippen LogP contribution in [0, 0.1) is 0 Å². The second-order valence-corrected chi connectivity index (χ2v) is 15.4. The average Bonchev–Trinajstić information content (AvgIpc) is 3.42. The van der Waals surface area contributed by atoms with E-state index in [2.05, 4.69) is 50.1 Å². The molecule has 13 heteroatoms. The zero-order valence-corrected chi connectivity index (χ0v) is 24.8. The Morgan fingerprint density at radius 2 is 1.80 bits per heavy atom. The fourth-order valence-electron chi connectivity index (χ4n) is 4.09. The number of nitrogens with one attached hydrogen (secondary N) is 2. The van der Waals surface area contributed by atoms with Gasteiger partial charge in [0.05, 0.1) is 53.8 Å². The molecule has 1 fully saturated rings. The fourth-order valence-corrected chi connectivity index (χ4v) is 5.13. The standard InChI is InChI=1S/C27H38N6O6Si/c1-35-25-21(26(36-2)32-27(31-25)29-9-6-10-33-11-13-37-14-12-33)18-30-24(34)22-7-8-23(39-22)38-19-15-20(17-28-16-19)40(3,4)5/h7-8,15-17H,6,9-14,18H2,1-5H3,(H,30,34)(H,29,31,32). The second kappa shape index (κ2) is 13.6. The Bertz CT molecular complexity index is 1250. The summed E-state index contributed by atoms with van der Waals surface area (Å²) >= 11 is 0. The van der Waals surface area contributed by atoms with Crippen molar-refractivity contribution < 1.29 is 28.2 Å². The van der Waals surface area contributed by atoms with E-state index in [-0.39, 0.29) is 18.3 Å². The first kappa shape index (κ1) is 29.3. The van der Waals surface area contributed by atoms with Crippen molar-refractivity contribution in [3.8, 4) is 23.5 Å². The van der Waals surface area contributed by atoms with Gasteiger partial charge in [0.15, 0.2) is 5.76 Å². The maximum absolute atomic E-state index is 12.8. The van der Waals surface area contributed by atoms with Gasteiger partial charge in [0.1, 0.15) is 5.75 Å². The molecule has 0 spiro atoms. The van der Waals surface area contributed by atoms with Crippen LogP contribution in [-0.4, -0.2) is 87.4 Å². The Labute approximate surface area is 235 Å². The summed E-state index contributed by atoms with van der Waals surface area (Å²) in [6.45, 7) is 11.9. The van der Waals surface area contributed by atoms with Crippen molar-refractivity contribution >= 4 is 25.1 Å². The van der Waals surface area contributed by atoms with Crippen molar-refractivity contribution in [3.05, 3.63) is 41.9 Å². The van der Waals surface area contributed by atoms with Gasteiger partial charge in [-0.3, -0.25) is 14.7 Å². The number of methoxy groups -OCH3 is 2. The Kier molecular flexibility index (Phi) is 9.96. The quantitative estimate of drug-likeness (QED) is 0.232. The van der Waals surface area contributed by atoms with E-state index in [9.17, 15) is 4.79 Å². The van der Waals surface area contributed by atoms with Crippen molar-refractivity contribution in [1.82, 2.24) is 25.2 Å². The topological polar surface area (TPSA) is 133 Å². The maximum Gasteiger partial charge on any atom is 0.290 e. The molecule has 1 saturated heterocycles. The number of furan rings is 1. The Hall–Kier alpha value is -3.68. The van der Waals surface area contributed by atoms with E-state index in [1.165, 1.54) is 14.2 Å². The highest BCUT2D eigenvalue weighted by atomic mass is 28.3. The van der Waals surface area contributed by atoms with Crippen LogP contribution < -0.4 is 30.0 Å². The number of carbonyl (C=O) groups is 1. The number of ether oxygens (including phenoxy) is 4. The molecule has 0 aromatic carbocycles. The Morgan fingerprint density at radius 3 is 2.48 bits per heavy atom. The summed E-state index contributed by atoms with van der Waals surface area (Å²) < 4.78 is 27.8. The van der Waals surface area contributed by atoms with Crippen molar-refractivity contribution in [2.45, 2.75) is 32.6 Å². The molecule has 0 bridgehead atoms. The highest BCUT2D eigenvalue weighted by Gasteiger charge is 2.20. The predicted octanol–water partition coefficient (Wildman–Crippen LogP) is 2.88. The van der Waals surface area contributed by atoms with Crippen LogP contribution in [0.2, 0.25) is 19.6 Å². The molecular weight excluding hydrogens is 532 g/mol. The van der Waals surface area contributed by atoms with Crippen LogP contribution in [0.15, 0.2) is 35.0 Å². The summed E-state index contributed by atoms with van der Waals surface area (Å²) in [6, 6.07) is 5.11. The lowest BCUT2D eigenvalue weighted by Gasteiger charge is -2.26. The number of aromatic nitrogens is 3. The highest BCUT2D eigenvalue weighted by molar-refractivity contribution is 6.88. The minimum Gasteiger partial charge on any atom is -0.481 e. The number of rotatable bonds is 13. The number of carbonyl (C=O) groups excluding carboxylic acids is 1. The molecule has 1 aliphatic heterocycles. The minimum absolute atomic E-state index is 0.0710. The van der Waals surface area contributed by atoms with Gasteiger partial charge in [-0.15, -0.1) is 0 Å². The van der Waals surface area contributed by atoms with Crippen molar-refractivity contribution in [2.24, 2.45) is 0 Å². The molecule has 0 radical (unpaired) electrons. The Balaban J connectivity index is 1.34. The van der Waals surface area contributed by atoms with E-state index in [4.69, 9.17) is 23.4 Å². The van der Waals surface area contributed by atoms with Crippen LogP contribution >= 0.6 is 0 Å². The monoisotopic (exact) mass is 570 g/mol. The molecule has 0 saturated carbocycles. The molecule has 1 amide bonds. The number of anilines is 1. The van der Waals surface area contributed by atoms with Crippen LogP contribution in [0.5, 0.6) is 23.5 Å². The first-order valence-electron chi connectivity index (χ1n) is 13.3. The van der Waals surface area contributed by atoms with Crippen LogP contribution in [0.1, 0.15) is 22.5 Å². The van der Waals surface area contributed by atoms with Gasteiger partial charge in [-0.1, -0.05) is 19.6 Å². The maximum atomic E-state index is 12.8. The summed E-state index contributed by atoms with van der Waals surface area (Å²) in [5, 5.41) is 7.20. The van der Waals surface area contributed by atoms with Gasteiger partial charge < -0.3 is 34.0 Å². The molecule has 1 aliphatic rings. The van der Waals surface area contributed by atoms with E-state index in [1.807, 2.05) is 12.3 Å². The minimum atomic E-state index is -1.55. The van der Waals surface area contributed by atoms with Crippen molar-refractivity contribution in [3.63, 3.8) is 0 Å². The molecule has 0 unspecified atom stereocenters. The van der Waals surface area contributed by atoms with E-state index < -0.39 is 14.0 Å². The van der Waals surface area contributed by atoms with Gasteiger partial charge in [0.25, 0.3) is 11.9 Å². The molecular formula is C27H38N6O6Si. The highest BCUT2D eigenvalue weighted by Crippen LogP contribution is 2.27. The summed E-state index contributed by atoms with van der Waals surface area (Å²) in [5.74, 6) is 1.43. The summed E-state index contributed by atoms with van der Waals surface area (Å²) in [4.78, 5) is 28.4. The van der Waals surface area contributed by atoms with Crippen LogP contribution in [0.25, 0.3) is 0 Å². The number of hydrogen-bond acceptors (Lipinski definition) is 11. The van der Waals surface area contributed by atoms with Crippen molar-refractivity contribution in [1.29, 1.82) is 0 Å². The third kappa shape index (κ3) is 7.93. The van der Waals surface area contributed by atoms with E-state index in [0.717, 1.165) is 44.5 Å². The van der Waals surface area contributed by atoms with Gasteiger partial charge in [-0.2, -0.15) is 9.97 Å². The molecule has 40 heavy (non-hydrogen) atoms. The van der Waals surface area contributed by atoms with Gasteiger partial charge in [-0.05, 0) is 30.3 Å². The second-order valence-electron chi connectivity index (χ2n) is 10.3. The molecule has 0 aliphatic carbocycles. The Morgan fingerprint density at radius 1 is 1.07 bits per heavy atom. The third-order valence-corrected chi connectivity index (χ3v) is 8.39. The van der Waals surface area contributed by atoms with Crippen LogP contribution in [0.4, 0.5) is 5.95 Å². The van der Waals surface area contributed by atoms with Gasteiger partial charge in [-0.25, -0.2) is 0 Å². The van der Waals surface area contributed by atoms with E-state index in [0.29, 0.717) is 35.6 Å². The number of morpholine rings is 1. The molecule has 0 atom stereocenters. The molecule has 216 valence electrons. The van der Waals surface area contributed by atoms with E-state index in [1.54, 1.807) is 18.3 Å². The number of hydrogen-bond donors (Lipinski definition) is 2. The molecule has 4 heterocycles. The zero-order chi connectivity index (χ0) is 28.5. The SMILES string of the molecule is COc1nc(NCCCN2CCOCC2)nc(OC)c1CNC(=O)c1ccc(Oc2cncc([Si](C)(C)C)c2)o1. The predicted molar refractivity (Wildman–Crippen MR) is 153 cm³/mol. The lowest BCUT2D eigenvalue weighted by molar-refractivity contribution is 0.0378. The number of amides is 1. The smallest absolute Gasteiger partial charge is 0.290 e. The zero-order valence-electron chi connectivity index (χ0n) is 23.8. The molecule has 2 N–H and O–H groups in total. The average molecular weight is 571 g/mol. The normalized spacial score (nSPS) is 14.0. The summed E-state index contributed by atoms with van der Waals surface area (Å²) in [5.41, 5.74) is 0.509. The van der Waals surface area contributed by atoms with E-state index >= 15 is 0 Å². The largest absolute Gasteiger partial charge is 0.481 e. The first-order chi connectivity index (χ1) is 19.3.